The summed E-state index contributed by atoms with van der Waals surface area (Å²) in [5, 5.41) is 1.40. The summed E-state index contributed by atoms with van der Waals surface area (Å²) in [4.78, 5) is 2.68. The maximum absolute atomic E-state index is 7.43. The van der Waals surface area contributed by atoms with Crippen LogP contribution in [0, 0.1) is 41.4 Å². The highest BCUT2D eigenvalue weighted by molar-refractivity contribution is 7.33. The molecule has 0 atom stereocenters. The van der Waals surface area contributed by atoms with Crippen molar-refractivity contribution in [2.75, 3.05) is 4.90 Å². The van der Waals surface area contributed by atoms with Crippen molar-refractivity contribution in [1.29, 1.82) is 0 Å². The van der Waals surface area contributed by atoms with Gasteiger partial charge in [0.2, 0.25) is 0 Å². The highest BCUT2D eigenvalue weighted by atomic mass is 32.1. The highest BCUT2D eigenvalue weighted by Gasteiger charge is 2.67. The summed E-state index contributed by atoms with van der Waals surface area (Å²) in [6.07, 6.45) is 9.96. The minimum atomic E-state index is 0.0645. The molecule has 0 spiro atoms. The number of benzene rings is 4. The molecule has 8 bridgehead atoms. The van der Waals surface area contributed by atoms with Crippen molar-refractivity contribution in [2.45, 2.75) is 115 Å². The standard InChI is InChI=1S/C51H54BNOS/c1-48(2,3)28-13-14-44-34(18-28)46-47(55-44)52-40-21-38-39(50(6,7)26-49(38,4)5)22-42(40)54-43-20-29(19-41(45(43)52)53(46)30-11-9-8-10-12-30)51-23-35-31-15-27-16-32(35)37(25-51)33(17-27)36(31)24-51/h8-14,18-22,27,31-33,35-37H,15-17,23-26H2,1-7H3. The van der Waals surface area contributed by atoms with E-state index in [1.807, 2.05) is 11.3 Å². The zero-order chi connectivity index (χ0) is 37.1. The van der Waals surface area contributed by atoms with Crippen LogP contribution in [0.5, 0.6) is 11.5 Å². The first-order valence-electron chi connectivity index (χ1n) is 21.8. The Morgan fingerprint density at radius 3 is 2.04 bits per heavy atom. The highest BCUT2D eigenvalue weighted by Crippen LogP contribution is 2.74. The Hall–Kier alpha value is -3.50. The Labute approximate surface area is 332 Å². The van der Waals surface area contributed by atoms with E-state index in [1.54, 1.807) is 5.56 Å². The number of thiophene rings is 1. The summed E-state index contributed by atoms with van der Waals surface area (Å²) in [7, 11) is 0. The van der Waals surface area contributed by atoms with Crippen molar-refractivity contribution in [1.82, 2.24) is 0 Å². The van der Waals surface area contributed by atoms with Gasteiger partial charge in [-0.25, -0.2) is 0 Å². The Balaban J connectivity index is 1.09. The minimum absolute atomic E-state index is 0.0645. The van der Waals surface area contributed by atoms with Crippen molar-refractivity contribution in [3.05, 3.63) is 95.1 Å². The Morgan fingerprint density at radius 1 is 0.727 bits per heavy atom. The van der Waals surface area contributed by atoms with Gasteiger partial charge in [-0.3, -0.25) is 0 Å². The van der Waals surface area contributed by atoms with E-state index in [9.17, 15) is 0 Å². The van der Waals surface area contributed by atoms with Gasteiger partial charge < -0.3 is 9.64 Å². The Kier molecular flexibility index (Phi) is 6.00. The van der Waals surface area contributed by atoms with Gasteiger partial charge in [-0.1, -0.05) is 78.8 Å². The minimum Gasteiger partial charge on any atom is -0.458 e. The van der Waals surface area contributed by atoms with Crippen LogP contribution in [0.25, 0.3) is 10.1 Å². The SMILES string of the molecule is CC(C)(C)c1ccc2sc3c(c2c1)N(c1ccccc1)c1cc(C24CC5C6CC7CC5C(C2)C(C7)C6C4)cc2c1B3c1cc3c(cc1O2)C(C)(C)CC3(C)C. The second kappa shape index (κ2) is 10.1. The molecule has 0 amide bonds. The molecular weight excluding hydrogens is 685 g/mol. The molecule has 0 N–H and O–H groups in total. The lowest BCUT2D eigenvalue weighted by Crippen LogP contribution is -2.66. The fourth-order valence-electron chi connectivity index (χ4n) is 15.6. The number of nitrogens with zero attached hydrogens (tertiary/aromatic N) is 1. The summed E-state index contributed by atoms with van der Waals surface area (Å²) in [6, 6.07) is 29.1. The molecule has 3 heterocycles. The van der Waals surface area contributed by atoms with E-state index < -0.39 is 0 Å². The molecule has 7 fully saturated rings. The Bertz CT molecular complexity index is 2460. The average molecular weight is 740 g/mol. The topological polar surface area (TPSA) is 12.5 Å². The van der Waals surface area contributed by atoms with Crippen molar-refractivity contribution >= 4 is 60.9 Å². The van der Waals surface area contributed by atoms with Crippen LogP contribution in [0.2, 0.25) is 0 Å². The molecule has 5 aromatic rings. The van der Waals surface area contributed by atoms with Crippen LogP contribution >= 0.6 is 11.3 Å². The molecular formula is C51H54BNOS. The van der Waals surface area contributed by atoms with E-state index in [0.29, 0.717) is 0 Å². The molecule has 0 radical (unpaired) electrons. The number of ether oxygens (including phenoxy) is 1. The van der Waals surface area contributed by atoms with Crippen LogP contribution in [-0.2, 0) is 21.7 Å². The van der Waals surface area contributed by atoms with Gasteiger partial charge >= 0.3 is 0 Å². The lowest BCUT2D eigenvalue weighted by Gasteiger charge is -2.72. The summed E-state index contributed by atoms with van der Waals surface area (Å²) in [5.74, 6) is 9.08. The van der Waals surface area contributed by atoms with Gasteiger partial charge in [0.25, 0.3) is 6.71 Å². The normalized spacial score (nSPS) is 33.1. The van der Waals surface area contributed by atoms with Gasteiger partial charge in [0.1, 0.15) is 11.5 Å². The number of rotatable bonds is 2. The first-order chi connectivity index (χ1) is 26.3. The molecule has 10 aliphatic rings. The van der Waals surface area contributed by atoms with Gasteiger partial charge in [0, 0.05) is 26.2 Å². The van der Waals surface area contributed by atoms with Crippen LogP contribution in [0.15, 0.2) is 72.8 Å². The number of hydrogen-bond acceptors (Lipinski definition) is 3. The van der Waals surface area contributed by atoms with Crippen LogP contribution in [0.4, 0.5) is 17.1 Å². The van der Waals surface area contributed by atoms with Gasteiger partial charge in [-0.15, -0.1) is 11.3 Å². The number of fused-ring (bicyclic) bond motifs is 7. The van der Waals surface area contributed by atoms with Gasteiger partial charge in [0.05, 0.1) is 5.69 Å². The van der Waals surface area contributed by atoms with Gasteiger partial charge in [0.15, 0.2) is 0 Å². The third-order valence-electron chi connectivity index (χ3n) is 17.3. The second-order valence-corrected chi connectivity index (χ2v) is 23.3. The third-order valence-corrected chi connectivity index (χ3v) is 18.6. The van der Waals surface area contributed by atoms with Crippen LogP contribution in [0.3, 0.4) is 0 Å². The first-order valence-corrected chi connectivity index (χ1v) is 22.6. The quantitative estimate of drug-likeness (QED) is 0.164. The first kappa shape index (κ1) is 32.6. The summed E-state index contributed by atoms with van der Waals surface area (Å²) < 4.78 is 10.3. The van der Waals surface area contributed by atoms with E-state index in [2.05, 4.69) is 126 Å². The lowest BCUT2D eigenvalue weighted by molar-refractivity contribution is -0.212. The molecule has 278 valence electrons. The molecule has 1 aromatic heterocycles. The number of anilines is 3. The van der Waals surface area contributed by atoms with E-state index in [4.69, 9.17) is 4.74 Å². The van der Waals surface area contributed by atoms with Gasteiger partial charge in [-0.05, 0) is 184 Å². The van der Waals surface area contributed by atoms with E-state index in [1.165, 1.54) is 98.1 Å². The van der Waals surface area contributed by atoms with Crippen molar-refractivity contribution in [3.63, 3.8) is 0 Å². The maximum atomic E-state index is 7.43. The predicted octanol–water partition coefficient (Wildman–Crippen LogP) is 11.5. The molecule has 4 aromatic carbocycles. The third kappa shape index (κ3) is 4.09. The summed E-state index contributed by atoms with van der Waals surface area (Å²) in [6.45, 7) is 17.0. The summed E-state index contributed by atoms with van der Waals surface area (Å²) in [5.41, 5.74) is 13.3. The molecule has 7 saturated carbocycles. The number of hydrogen-bond donors (Lipinski definition) is 0. The van der Waals surface area contributed by atoms with Crippen LogP contribution in [0.1, 0.15) is 116 Å². The number of para-hydroxylation sites is 1. The van der Waals surface area contributed by atoms with Crippen LogP contribution in [-0.4, -0.2) is 6.71 Å². The molecule has 4 heteroatoms. The summed E-state index contributed by atoms with van der Waals surface area (Å²) >= 11 is 2.02. The molecule has 15 rings (SSSR count). The van der Waals surface area contributed by atoms with Crippen molar-refractivity contribution < 1.29 is 4.74 Å². The Morgan fingerprint density at radius 2 is 1.38 bits per heavy atom. The zero-order valence-corrected chi connectivity index (χ0v) is 34.6. The van der Waals surface area contributed by atoms with E-state index >= 15 is 0 Å². The van der Waals surface area contributed by atoms with Crippen molar-refractivity contribution in [2.24, 2.45) is 41.4 Å². The smallest absolute Gasteiger partial charge is 0.268 e. The molecule has 8 aliphatic carbocycles. The molecule has 55 heavy (non-hydrogen) atoms. The monoisotopic (exact) mass is 739 g/mol. The maximum Gasteiger partial charge on any atom is 0.268 e. The zero-order valence-electron chi connectivity index (χ0n) is 33.8. The lowest BCUT2D eigenvalue weighted by atomic mass is 9.32. The van der Waals surface area contributed by atoms with E-state index in [-0.39, 0.29) is 28.4 Å². The molecule has 0 saturated heterocycles. The van der Waals surface area contributed by atoms with Gasteiger partial charge in [-0.2, -0.15) is 0 Å². The van der Waals surface area contributed by atoms with E-state index in [0.717, 1.165) is 59.3 Å². The largest absolute Gasteiger partial charge is 0.458 e. The predicted molar refractivity (Wildman–Crippen MR) is 231 cm³/mol. The fraction of sp³-hybridized carbons (Fsp3) is 0.490. The average Bonchev–Trinajstić information content (AvgIpc) is 3.62. The molecule has 0 unspecified atom stereocenters. The second-order valence-electron chi connectivity index (χ2n) is 22.2. The fourth-order valence-corrected chi connectivity index (χ4v) is 16.9. The molecule has 2 aliphatic heterocycles. The van der Waals surface area contributed by atoms with Crippen LogP contribution < -0.4 is 25.3 Å². The molecule has 2 nitrogen and oxygen atoms in total. The van der Waals surface area contributed by atoms with Crippen molar-refractivity contribution in [3.8, 4) is 11.5 Å².